The summed E-state index contributed by atoms with van der Waals surface area (Å²) in [6.45, 7) is 0. The van der Waals surface area contributed by atoms with E-state index in [2.05, 4.69) is 4.98 Å². The second kappa shape index (κ2) is 5.90. The minimum absolute atomic E-state index is 0.0629. The second-order valence-corrected chi connectivity index (χ2v) is 5.36. The number of hydrogen-bond donors (Lipinski definition) is 1. The van der Waals surface area contributed by atoms with Crippen LogP contribution in [-0.2, 0) is 6.18 Å². The predicted octanol–water partition coefficient (Wildman–Crippen LogP) is 2.68. The first-order valence-electron chi connectivity index (χ1n) is 6.79. The third kappa shape index (κ3) is 3.45. The van der Waals surface area contributed by atoms with Gasteiger partial charge in [-0.1, -0.05) is 0 Å². The standard InChI is InChI=1S/C14H17F3N4/c1-21(11-5-3-10(19)4-6-11)13-9(8-18)2-7-12(20-13)14(15,16)17/h2,7,10-11H,3-6,19H2,1H3. The van der Waals surface area contributed by atoms with Crippen LogP contribution in [0.25, 0.3) is 0 Å². The van der Waals surface area contributed by atoms with E-state index in [1.54, 1.807) is 11.9 Å². The number of alkyl halides is 3. The lowest BCUT2D eigenvalue weighted by Gasteiger charge is -2.34. The summed E-state index contributed by atoms with van der Waals surface area (Å²) in [5, 5.41) is 9.08. The highest BCUT2D eigenvalue weighted by molar-refractivity contribution is 5.54. The first-order chi connectivity index (χ1) is 9.82. The molecular formula is C14H17F3N4. The molecule has 2 N–H and O–H groups in total. The number of nitriles is 1. The Morgan fingerprint density at radius 3 is 2.43 bits per heavy atom. The monoisotopic (exact) mass is 298 g/mol. The Hall–Kier alpha value is -1.81. The highest BCUT2D eigenvalue weighted by Crippen LogP contribution is 2.32. The van der Waals surface area contributed by atoms with Crippen molar-refractivity contribution in [3.05, 3.63) is 23.4 Å². The molecule has 4 nitrogen and oxygen atoms in total. The van der Waals surface area contributed by atoms with Crippen molar-refractivity contribution in [1.82, 2.24) is 4.98 Å². The van der Waals surface area contributed by atoms with E-state index < -0.39 is 11.9 Å². The Morgan fingerprint density at radius 1 is 1.29 bits per heavy atom. The summed E-state index contributed by atoms with van der Waals surface area (Å²) in [5.74, 6) is 0.0906. The van der Waals surface area contributed by atoms with Crippen LogP contribution in [0.5, 0.6) is 0 Å². The fraction of sp³-hybridized carbons (Fsp3) is 0.571. The van der Waals surface area contributed by atoms with E-state index in [0.717, 1.165) is 31.7 Å². The lowest BCUT2D eigenvalue weighted by Crippen LogP contribution is -2.39. The molecule has 0 radical (unpaired) electrons. The van der Waals surface area contributed by atoms with Gasteiger partial charge in [0.25, 0.3) is 0 Å². The maximum absolute atomic E-state index is 12.8. The van der Waals surface area contributed by atoms with Gasteiger partial charge in [0.15, 0.2) is 0 Å². The molecule has 0 aliphatic heterocycles. The van der Waals surface area contributed by atoms with E-state index in [0.29, 0.717) is 0 Å². The third-order valence-corrected chi connectivity index (χ3v) is 3.91. The van der Waals surface area contributed by atoms with Crippen LogP contribution < -0.4 is 10.6 Å². The molecule has 0 atom stereocenters. The first-order valence-corrected chi connectivity index (χ1v) is 6.79. The molecule has 1 aliphatic carbocycles. The number of anilines is 1. The van der Waals surface area contributed by atoms with Crippen LogP contribution >= 0.6 is 0 Å². The molecule has 0 saturated heterocycles. The molecule has 1 fully saturated rings. The summed E-state index contributed by atoms with van der Waals surface area (Å²) in [4.78, 5) is 5.34. The van der Waals surface area contributed by atoms with Crippen LogP contribution in [-0.4, -0.2) is 24.1 Å². The van der Waals surface area contributed by atoms with Crippen molar-refractivity contribution in [3.8, 4) is 6.07 Å². The van der Waals surface area contributed by atoms with Crippen molar-refractivity contribution in [2.75, 3.05) is 11.9 Å². The molecule has 1 aromatic rings. The van der Waals surface area contributed by atoms with Crippen molar-refractivity contribution in [3.63, 3.8) is 0 Å². The molecule has 7 heteroatoms. The van der Waals surface area contributed by atoms with Crippen molar-refractivity contribution in [2.24, 2.45) is 5.73 Å². The first kappa shape index (κ1) is 15.6. The lowest BCUT2D eigenvalue weighted by atomic mass is 9.91. The van der Waals surface area contributed by atoms with Crippen molar-refractivity contribution < 1.29 is 13.2 Å². The van der Waals surface area contributed by atoms with Gasteiger partial charge in [-0.05, 0) is 37.8 Å². The Balaban J connectivity index is 2.30. The van der Waals surface area contributed by atoms with Crippen LogP contribution in [0.4, 0.5) is 19.0 Å². The molecule has 0 aromatic carbocycles. The molecule has 0 bridgehead atoms. The van der Waals surface area contributed by atoms with E-state index in [-0.39, 0.29) is 23.5 Å². The SMILES string of the molecule is CN(c1nc(C(F)(F)F)ccc1C#N)C1CCC(N)CC1. The van der Waals surface area contributed by atoms with Crippen molar-refractivity contribution >= 4 is 5.82 Å². The molecule has 2 rings (SSSR count). The molecule has 0 amide bonds. The number of halogens is 3. The topological polar surface area (TPSA) is 65.9 Å². The summed E-state index contributed by atoms with van der Waals surface area (Å²) in [5.41, 5.74) is 5.01. The fourth-order valence-electron chi connectivity index (χ4n) is 2.62. The van der Waals surface area contributed by atoms with Crippen LogP contribution in [0.2, 0.25) is 0 Å². The number of nitrogens with zero attached hydrogens (tertiary/aromatic N) is 3. The molecule has 0 spiro atoms. The molecule has 1 heterocycles. The molecule has 21 heavy (non-hydrogen) atoms. The van der Waals surface area contributed by atoms with Crippen LogP contribution in [0.3, 0.4) is 0 Å². The zero-order valence-corrected chi connectivity index (χ0v) is 11.7. The van der Waals surface area contributed by atoms with Gasteiger partial charge in [-0.15, -0.1) is 0 Å². The van der Waals surface area contributed by atoms with Crippen molar-refractivity contribution in [1.29, 1.82) is 5.26 Å². The van der Waals surface area contributed by atoms with Gasteiger partial charge in [-0.2, -0.15) is 18.4 Å². The van der Waals surface area contributed by atoms with Gasteiger partial charge in [-0.25, -0.2) is 4.98 Å². The summed E-state index contributed by atoms with van der Waals surface area (Å²) in [6, 6.07) is 4.14. The van der Waals surface area contributed by atoms with Crippen LogP contribution in [0, 0.1) is 11.3 Å². The van der Waals surface area contributed by atoms with Gasteiger partial charge >= 0.3 is 6.18 Å². The number of hydrogen-bond acceptors (Lipinski definition) is 4. The zero-order chi connectivity index (χ0) is 15.6. The number of pyridine rings is 1. The minimum atomic E-state index is -4.52. The molecule has 114 valence electrons. The van der Waals surface area contributed by atoms with E-state index in [4.69, 9.17) is 11.0 Å². The number of rotatable bonds is 2. The normalized spacial score (nSPS) is 22.7. The second-order valence-electron chi connectivity index (χ2n) is 5.36. The molecule has 1 saturated carbocycles. The maximum atomic E-state index is 12.8. The lowest BCUT2D eigenvalue weighted by molar-refractivity contribution is -0.141. The average Bonchev–Trinajstić information content (AvgIpc) is 2.45. The molecule has 1 aromatic heterocycles. The predicted molar refractivity (Wildman–Crippen MR) is 72.6 cm³/mol. The molecule has 1 aliphatic rings. The summed E-state index contributed by atoms with van der Waals surface area (Å²) >= 11 is 0. The third-order valence-electron chi connectivity index (χ3n) is 3.91. The van der Waals surface area contributed by atoms with E-state index >= 15 is 0 Å². The summed E-state index contributed by atoms with van der Waals surface area (Å²) in [7, 11) is 1.69. The summed E-state index contributed by atoms with van der Waals surface area (Å²) < 4.78 is 38.3. The van der Waals surface area contributed by atoms with Gasteiger partial charge < -0.3 is 10.6 Å². The Kier molecular flexibility index (Phi) is 4.37. The van der Waals surface area contributed by atoms with Crippen LogP contribution in [0.15, 0.2) is 12.1 Å². The quantitative estimate of drug-likeness (QED) is 0.911. The largest absolute Gasteiger partial charge is 0.433 e. The van der Waals surface area contributed by atoms with Gasteiger partial charge in [0, 0.05) is 19.1 Å². The van der Waals surface area contributed by atoms with Crippen molar-refractivity contribution in [2.45, 2.75) is 43.9 Å². The smallest absolute Gasteiger partial charge is 0.356 e. The zero-order valence-electron chi connectivity index (χ0n) is 11.7. The Bertz CT molecular complexity index is 542. The number of nitrogens with two attached hydrogens (primary N) is 1. The fourth-order valence-corrected chi connectivity index (χ4v) is 2.62. The van der Waals surface area contributed by atoms with E-state index in [1.165, 1.54) is 6.07 Å². The molecule has 0 unspecified atom stereocenters. The maximum Gasteiger partial charge on any atom is 0.433 e. The Labute approximate surface area is 121 Å². The minimum Gasteiger partial charge on any atom is -0.356 e. The van der Waals surface area contributed by atoms with E-state index in [9.17, 15) is 13.2 Å². The highest BCUT2D eigenvalue weighted by Gasteiger charge is 2.34. The van der Waals surface area contributed by atoms with Gasteiger partial charge in [0.2, 0.25) is 0 Å². The van der Waals surface area contributed by atoms with Gasteiger partial charge in [0.1, 0.15) is 17.6 Å². The van der Waals surface area contributed by atoms with E-state index in [1.807, 2.05) is 6.07 Å². The van der Waals surface area contributed by atoms with Gasteiger partial charge in [0.05, 0.1) is 5.56 Å². The highest BCUT2D eigenvalue weighted by atomic mass is 19.4. The molecular weight excluding hydrogens is 281 g/mol. The summed E-state index contributed by atoms with van der Waals surface area (Å²) in [6.07, 6.45) is -1.27. The number of aromatic nitrogens is 1. The van der Waals surface area contributed by atoms with Crippen LogP contribution in [0.1, 0.15) is 36.9 Å². The Morgan fingerprint density at radius 2 is 1.90 bits per heavy atom. The van der Waals surface area contributed by atoms with Gasteiger partial charge in [-0.3, -0.25) is 0 Å². The average molecular weight is 298 g/mol.